The molecule has 374 valence electrons. The second-order valence-corrected chi connectivity index (χ2v) is 21.4. The summed E-state index contributed by atoms with van der Waals surface area (Å²) in [6, 6.07) is 107. The second kappa shape index (κ2) is 19.4. The Kier molecular flexibility index (Phi) is 11.4. The van der Waals surface area contributed by atoms with E-state index in [1.54, 1.807) is 0 Å². The molecule has 1 aliphatic carbocycles. The molecule has 14 aromatic rings. The topological polar surface area (TPSA) is 18.1 Å². The molecule has 0 saturated carbocycles. The summed E-state index contributed by atoms with van der Waals surface area (Å²) in [5, 5.41) is 4.70. The first kappa shape index (κ1) is 46.5. The minimum atomic E-state index is -0.458. The highest BCUT2D eigenvalue weighted by molar-refractivity contribution is 6.16. The molecule has 0 amide bonds. The van der Waals surface area contributed by atoms with Gasteiger partial charge in [-0.2, -0.15) is 0 Å². The largest absolute Gasteiger partial charge is 0.455 e. The van der Waals surface area contributed by atoms with E-state index in [1.807, 2.05) is 0 Å². The highest BCUT2D eigenvalue weighted by Crippen LogP contribution is 2.57. The molecule has 79 heavy (non-hydrogen) atoms. The van der Waals surface area contributed by atoms with E-state index in [-0.39, 0.29) is 5.92 Å². The molecule has 2 heterocycles. The van der Waals surface area contributed by atoms with Gasteiger partial charge in [-0.25, -0.2) is 0 Å². The molecular weight excluding hydrogens is 955 g/mol. The molecule has 2 heteroatoms. The normalized spacial score (nSPS) is 13.0. The van der Waals surface area contributed by atoms with Crippen LogP contribution >= 0.6 is 0 Å². The summed E-state index contributed by atoms with van der Waals surface area (Å²) in [5.74, 6) is 0.288. The van der Waals surface area contributed by atoms with Crippen LogP contribution in [-0.4, -0.2) is 4.57 Å². The minimum Gasteiger partial charge on any atom is -0.455 e. The average Bonchev–Trinajstić information content (AvgIpc) is 4.26. The van der Waals surface area contributed by atoms with E-state index in [9.17, 15) is 0 Å². The fraction of sp³-hybridized carbons (Fsp3) is 0.0649. The maximum absolute atomic E-state index is 7.11. The Bertz CT molecular complexity index is 4510. The van der Waals surface area contributed by atoms with Crippen molar-refractivity contribution in [1.82, 2.24) is 4.57 Å². The molecule has 0 aliphatic heterocycles. The van der Waals surface area contributed by atoms with Crippen molar-refractivity contribution in [3.8, 4) is 50.2 Å². The summed E-state index contributed by atoms with van der Waals surface area (Å²) >= 11 is 0. The molecule has 2 nitrogen and oxygen atoms in total. The van der Waals surface area contributed by atoms with Crippen LogP contribution in [0.2, 0.25) is 0 Å². The van der Waals surface area contributed by atoms with Crippen molar-refractivity contribution in [3.05, 3.63) is 330 Å². The molecule has 2 aromatic heterocycles. The van der Waals surface area contributed by atoms with Crippen LogP contribution in [0.4, 0.5) is 0 Å². The number of fused-ring (bicyclic) bond motifs is 9. The summed E-state index contributed by atoms with van der Waals surface area (Å²) in [6.07, 6.45) is 2.87. The van der Waals surface area contributed by atoms with E-state index in [0.717, 1.165) is 58.0 Å². The van der Waals surface area contributed by atoms with E-state index < -0.39 is 5.41 Å². The van der Waals surface area contributed by atoms with Gasteiger partial charge in [0.25, 0.3) is 0 Å². The summed E-state index contributed by atoms with van der Waals surface area (Å²) < 4.78 is 9.60. The van der Waals surface area contributed by atoms with Crippen molar-refractivity contribution >= 4 is 43.7 Å². The van der Waals surface area contributed by atoms with Gasteiger partial charge in [-0.1, -0.05) is 261 Å². The fourth-order valence-corrected chi connectivity index (χ4v) is 13.5. The smallest absolute Gasteiger partial charge is 0.143 e. The Balaban J connectivity index is 0.828. The number of hydrogen-bond acceptors (Lipinski definition) is 1. The van der Waals surface area contributed by atoms with Gasteiger partial charge in [0, 0.05) is 21.7 Å². The van der Waals surface area contributed by atoms with Crippen LogP contribution in [-0.2, 0) is 18.3 Å². The van der Waals surface area contributed by atoms with Crippen LogP contribution in [0.1, 0.15) is 51.3 Å². The van der Waals surface area contributed by atoms with E-state index in [0.29, 0.717) is 0 Å². The van der Waals surface area contributed by atoms with Gasteiger partial charge in [-0.05, 0) is 133 Å². The van der Waals surface area contributed by atoms with Crippen molar-refractivity contribution in [2.45, 2.75) is 30.6 Å². The van der Waals surface area contributed by atoms with Crippen LogP contribution in [0.3, 0.4) is 0 Å². The van der Waals surface area contributed by atoms with Crippen LogP contribution in [0.5, 0.6) is 0 Å². The molecular formula is C77H55NO. The predicted molar refractivity (Wildman–Crippen MR) is 329 cm³/mol. The number of aryl methyl sites for hydroxylation is 1. The Morgan fingerprint density at radius 3 is 1.71 bits per heavy atom. The molecule has 1 unspecified atom stereocenters. The molecule has 1 aliphatic rings. The molecule has 0 N–H and O–H groups in total. The van der Waals surface area contributed by atoms with Crippen molar-refractivity contribution in [2.24, 2.45) is 0 Å². The lowest BCUT2D eigenvalue weighted by Crippen LogP contribution is -2.28. The Morgan fingerprint density at radius 1 is 0.367 bits per heavy atom. The van der Waals surface area contributed by atoms with Gasteiger partial charge in [-0.15, -0.1) is 0 Å². The van der Waals surface area contributed by atoms with Gasteiger partial charge in [-0.3, -0.25) is 0 Å². The van der Waals surface area contributed by atoms with Crippen molar-refractivity contribution < 1.29 is 4.42 Å². The average molecular weight is 1010 g/mol. The molecule has 0 bridgehead atoms. The highest BCUT2D eigenvalue weighted by atomic mass is 16.3. The maximum atomic E-state index is 7.11. The van der Waals surface area contributed by atoms with Gasteiger partial charge in [0.15, 0.2) is 0 Å². The molecule has 12 aromatic carbocycles. The third-order valence-electron chi connectivity index (χ3n) is 17.1. The lowest BCUT2D eigenvalue weighted by molar-refractivity contribution is 0.622. The van der Waals surface area contributed by atoms with Gasteiger partial charge < -0.3 is 8.98 Å². The Labute approximate surface area is 461 Å². The first-order valence-corrected chi connectivity index (χ1v) is 27.8. The second-order valence-electron chi connectivity index (χ2n) is 21.4. The van der Waals surface area contributed by atoms with Crippen molar-refractivity contribution in [2.75, 3.05) is 0 Å². The first-order valence-electron chi connectivity index (χ1n) is 27.8. The lowest BCUT2D eigenvalue weighted by atomic mass is 9.67. The zero-order valence-electron chi connectivity index (χ0n) is 43.8. The van der Waals surface area contributed by atoms with Gasteiger partial charge in [0.2, 0.25) is 0 Å². The summed E-state index contributed by atoms with van der Waals surface area (Å²) in [7, 11) is 0. The molecule has 1 atom stereocenters. The monoisotopic (exact) mass is 1010 g/mol. The number of para-hydroxylation sites is 2. The van der Waals surface area contributed by atoms with Crippen LogP contribution in [0.25, 0.3) is 93.9 Å². The zero-order valence-corrected chi connectivity index (χ0v) is 43.8. The van der Waals surface area contributed by atoms with Crippen molar-refractivity contribution in [1.29, 1.82) is 0 Å². The first-order chi connectivity index (χ1) is 39.2. The lowest BCUT2D eigenvalue weighted by Gasteiger charge is -2.33. The fourth-order valence-electron chi connectivity index (χ4n) is 13.5. The molecule has 0 spiro atoms. The van der Waals surface area contributed by atoms with E-state index >= 15 is 0 Å². The zero-order chi connectivity index (χ0) is 52.3. The van der Waals surface area contributed by atoms with Crippen LogP contribution < -0.4 is 0 Å². The number of rotatable bonds is 12. The van der Waals surface area contributed by atoms with Gasteiger partial charge in [0.05, 0.1) is 27.5 Å². The van der Waals surface area contributed by atoms with E-state index in [1.165, 1.54) is 94.1 Å². The van der Waals surface area contributed by atoms with Gasteiger partial charge >= 0.3 is 0 Å². The summed E-state index contributed by atoms with van der Waals surface area (Å²) in [4.78, 5) is 0. The van der Waals surface area contributed by atoms with Crippen LogP contribution in [0, 0.1) is 0 Å². The molecule has 15 rings (SSSR count). The molecule has 0 fully saturated rings. The third-order valence-corrected chi connectivity index (χ3v) is 17.1. The highest BCUT2D eigenvalue weighted by Gasteiger charge is 2.46. The predicted octanol–water partition coefficient (Wildman–Crippen LogP) is 20.0. The minimum absolute atomic E-state index is 0.288. The third kappa shape index (κ3) is 7.78. The van der Waals surface area contributed by atoms with E-state index in [4.69, 9.17) is 4.42 Å². The van der Waals surface area contributed by atoms with Crippen molar-refractivity contribution in [3.63, 3.8) is 0 Å². The SMILES string of the molecule is c1ccc(-c2ccc(CC(CCc3ccc4c5ccccc5n(-c5cccc6oc7c(-c8ccc9c(c8)-c8ccccc8C9(c8ccccc8)c8ccccc8)cccc7c56)c4c3)c3ccccc3-c3ccccc3)cc2)cc1. The maximum Gasteiger partial charge on any atom is 0.143 e. The van der Waals surface area contributed by atoms with Gasteiger partial charge in [0.1, 0.15) is 11.2 Å². The standard InChI is InChI=1S/C77H55NO/c1-5-21-54(22-6-1)55-43-39-52(40-44-55)49-57(62-30-14-13-29-61(62)56-23-7-2-8-24-56)45-41-53-42-47-66-65-32-16-18-36-71(65)78(73(66)50-53)72-37-20-38-74-75(72)67-34-19-33-63(76(67)79-74)58-46-48-70-68(51-58)64-31-15-17-35-69(64)77(70,59-25-9-3-10-26-59)60-27-11-4-12-28-60/h1-40,42-44,46-48,50-51,57H,41,45,49H2. The van der Waals surface area contributed by atoms with Crippen LogP contribution in [0.15, 0.2) is 296 Å². The number of aromatic nitrogens is 1. The number of furan rings is 1. The Morgan fingerprint density at radius 2 is 0.937 bits per heavy atom. The Hall–Kier alpha value is -9.76. The number of nitrogens with zero attached hydrogens (tertiary/aromatic N) is 1. The summed E-state index contributed by atoms with van der Waals surface area (Å²) in [5.41, 5.74) is 23.8. The summed E-state index contributed by atoms with van der Waals surface area (Å²) in [6.45, 7) is 0. The molecule has 0 radical (unpaired) electrons. The quantitative estimate of drug-likeness (QED) is 0.119. The molecule has 0 saturated heterocycles. The van der Waals surface area contributed by atoms with E-state index in [2.05, 4.69) is 296 Å². The number of hydrogen-bond donors (Lipinski definition) is 0. The number of benzene rings is 12.